The molecule has 0 radical (unpaired) electrons. The summed E-state index contributed by atoms with van der Waals surface area (Å²) < 4.78 is 23.6. The Morgan fingerprint density at radius 3 is 2.57 bits per heavy atom. The van der Waals surface area contributed by atoms with Crippen LogP contribution in [-0.4, -0.2) is 27.8 Å². The highest BCUT2D eigenvalue weighted by atomic mass is 32.2. The van der Waals surface area contributed by atoms with Gasteiger partial charge in [0.15, 0.2) is 9.84 Å². The fraction of sp³-hybridized carbons (Fsp3) is 0.625. The molecule has 2 rings (SSSR count). The summed E-state index contributed by atoms with van der Waals surface area (Å²) in [5, 5.41) is 0. The van der Waals surface area contributed by atoms with E-state index < -0.39 is 9.84 Å². The van der Waals surface area contributed by atoms with Crippen LogP contribution >= 0.6 is 0 Å². The lowest BCUT2D eigenvalue weighted by Crippen LogP contribution is -2.26. The minimum absolute atomic E-state index is 0.240. The summed E-state index contributed by atoms with van der Waals surface area (Å²) in [5.41, 5.74) is 7.38. The van der Waals surface area contributed by atoms with E-state index in [0.29, 0.717) is 11.6 Å². The van der Waals surface area contributed by atoms with Crippen LogP contribution in [0.15, 0.2) is 23.1 Å². The summed E-state index contributed by atoms with van der Waals surface area (Å²) in [6, 6.07) is 5.30. The summed E-state index contributed by atoms with van der Waals surface area (Å²) in [6.07, 6.45) is 4.71. The van der Waals surface area contributed by atoms with Gasteiger partial charge < -0.3 is 10.6 Å². The van der Waals surface area contributed by atoms with Gasteiger partial charge in [0, 0.05) is 19.3 Å². The molecule has 1 aromatic rings. The summed E-state index contributed by atoms with van der Waals surface area (Å²) in [6.45, 7) is 6.44. The molecule has 1 aliphatic heterocycles. The zero-order valence-electron chi connectivity index (χ0n) is 13.2. The van der Waals surface area contributed by atoms with Crippen LogP contribution in [0.25, 0.3) is 0 Å². The topological polar surface area (TPSA) is 63.4 Å². The number of benzene rings is 1. The van der Waals surface area contributed by atoms with Crippen molar-refractivity contribution in [2.45, 2.75) is 38.0 Å². The second-order valence-electron chi connectivity index (χ2n) is 6.38. The molecule has 0 spiro atoms. The third-order valence-electron chi connectivity index (χ3n) is 4.50. The van der Waals surface area contributed by atoms with E-state index in [1.807, 2.05) is 6.07 Å². The molecule has 0 amide bonds. The fourth-order valence-corrected chi connectivity index (χ4v) is 3.99. The van der Waals surface area contributed by atoms with E-state index in [1.165, 1.54) is 12.7 Å². The van der Waals surface area contributed by atoms with E-state index in [-0.39, 0.29) is 4.90 Å². The molecule has 5 heteroatoms. The van der Waals surface area contributed by atoms with Crippen LogP contribution in [0.5, 0.6) is 0 Å². The van der Waals surface area contributed by atoms with Gasteiger partial charge in [0.05, 0.1) is 16.3 Å². The SMILES string of the molecule is CC(C)C1CCCN(c2cccc(S(C)(=O)=O)c2N)CC1. The molecule has 1 unspecified atom stereocenters. The largest absolute Gasteiger partial charge is 0.396 e. The summed E-state index contributed by atoms with van der Waals surface area (Å²) >= 11 is 0. The maximum Gasteiger partial charge on any atom is 0.177 e. The maximum absolute atomic E-state index is 11.8. The van der Waals surface area contributed by atoms with E-state index in [4.69, 9.17) is 5.73 Å². The van der Waals surface area contributed by atoms with Gasteiger partial charge in [-0.05, 0) is 43.2 Å². The van der Waals surface area contributed by atoms with Gasteiger partial charge in [-0.3, -0.25) is 0 Å². The molecule has 21 heavy (non-hydrogen) atoms. The Hall–Kier alpha value is -1.23. The molecular formula is C16H26N2O2S. The number of hydrogen-bond donors (Lipinski definition) is 1. The lowest BCUT2D eigenvalue weighted by molar-refractivity contribution is 0.351. The first-order valence-corrected chi connectivity index (χ1v) is 9.53. The van der Waals surface area contributed by atoms with Gasteiger partial charge in [0.2, 0.25) is 0 Å². The molecule has 1 fully saturated rings. The quantitative estimate of drug-likeness (QED) is 0.872. The van der Waals surface area contributed by atoms with Crippen LogP contribution in [0.4, 0.5) is 11.4 Å². The number of nitrogens with zero attached hydrogens (tertiary/aromatic N) is 1. The Morgan fingerprint density at radius 1 is 1.24 bits per heavy atom. The van der Waals surface area contributed by atoms with Crippen molar-refractivity contribution >= 4 is 21.2 Å². The average molecular weight is 310 g/mol. The van der Waals surface area contributed by atoms with E-state index in [9.17, 15) is 8.42 Å². The number of nitrogen functional groups attached to an aromatic ring is 1. The molecule has 0 aliphatic carbocycles. The smallest absolute Gasteiger partial charge is 0.177 e. The first kappa shape index (κ1) is 16.1. The molecule has 0 bridgehead atoms. The molecule has 2 N–H and O–H groups in total. The third kappa shape index (κ3) is 3.70. The van der Waals surface area contributed by atoms with E-state index in [1.54, 1.807) is 12.1 Å². The summed E-state index contributed by atoms with van der Waals surface area (Å²) in [7, 11) is -3.28. The number of nitrogens with two attached hydrogens (primary N) is 1. The van der Waals surface area contributed by atoms with Gasteiger partial charge in [0.1, 0.15) is 0 Å². The van der Waals surface area contributed by atoms with E-state index in [0.717, 1.165) is 37.5 Å². The number of para-hydroxylation sites is 1. The van der Waals surface area contributed by atoms with Gasteiger partial charge >= 0.3 is 0 Å². The molecule has 1 saturated heterocycles. The lowest BCUT2D eigenvalue weighted by atomic mass is 9.89. The summed E-state index contributed by atoms with van der Waals surface area (Å²) in [5.74, 6) is 1.44. The van der Waals surface area contributed by atoms with Crippen LogP contribution in [0.3, 0.4) is 0 Å². The van der Waals surface area contributed by atoms with Gasteiger partial charge in [-0.2, -0.15) is 0 Å². The zero-order valence-corrected chi connectivity index (χ0v) is 14.0. The molecule has 1 aliphatic rings. The third-order valence-corrected chi connectivity index (χ3v) is 5.65. The second-order valence-corrected chi connectivity index (χ2v) is 8.37. The zero-order chi connectivity index (χ0) is 15.6. The van der Waals surface area contributed by atoms with Crippen molar-refractivity contribution in [1.82, 2.24) is 0 Å². The van der Waals surface area contributed by atoms with Crippen molar-refractivity contribution in [3.63, 3.8) is 0 Å². The van der Waals surface area contributed by atoms with Crippen molar-refractivity contribution in [2.24, 2.45) is 11.8 Å². The highest BCUT2D eigenvalue weighted by Crippen LogP contribution is 2.33. The number of rotatable bonds is 3. The van der Waals surface area contributed by atoms with Crippen LogP contribution in [0, 0.1) is 11.8 Å². The molecular weight excluding hydrogens is 284 g/mol. The molecule has 1 atom stereocenters. The minimum atomic E-state index is -3.28. The van der Waals surface area contributed by atoms with Crippen molar-refractivity contribution < 1.29 is 8.42 Å². The highest BCUT2D eigenvalue weighted by Gasteiger charge is 2.22. The van der Waals surface area contributed by atoms with Crippen molar-refractivity contribution in [3.05, 3.63) is 18.2 Å². The molecule has 0 saturated carbocycles. The number of sulfone groups is 1. The highest BCUT2D eigenvalue weighted by molar-refractivity contribution is 7.90. The first-order chi connectivity index (χ1) is 9.80. The van der Waals surface area contributed by atoms with E-state index in [2.05, 4.69) is 18.7 Å². The average Bonchev–Trinajstić information content (AvgIpc) is 2.63. The molecule has 1 aromatic carbocycles. The Bertz CT molecular complexity index is 596. The monoisotopic (exact) mass is 310 g/mol. The number of anilines is 2. The fourth-order valence-electron chi connectivity index (χ4n) is 3.16. The normalized spacial score (nSPS) is 20.6. The molecule has 4 nitrogen and oxygen atoms in total. The van der Waals surface area contributed by atoms with Crippen molar-refractivity contribution in [2.75, 3.05) is 30.0 Å². The summed E-state index contributed by atoms with van der Waals surface area (Å²) in [4.78, 5) is 2.48. The Labute approximate surface area is 128 Å². The molecule has 1 heterocycles. The Balaban J connectivity index is 2.27. The Kier molecular flexibility index (Phi) is 4.81. The van der Waals surface area contributed by atoms with Crippen LogP contribution in [-0.2, 0) is 9.84 Å². The lowest BCUT2D eigenvalue weighted by Gasteiger charge is -2.25. The maximum atomic E-state index is 11.8. The molecule has 118 valence electrons. The Morgan fingerprint density at radius 2 is 1.95 bits per heavy atom. The van der Waals surface area contributed by atoms with E-state index >= 15 is 0 Å². The minimum Gasteiger partial charge on any atom is -0.396 e. The van der Waals surface area contributed by atoms with Crippen molar-refractivity contribution in [3.8, 4) is 0 Å². The standard InChI is InChI=1S/C16H26N2O2S/c1-12(2)13-6-5-10-18(11-9-13)14-7-4-8-15(16(14)17)21(3,19)20/h4,7-8,12-13H,5-6,9-11,17H2,1-3H3. The second kappa shape index (κ2) is 6.26. The van der Waals surface area contributed by atoms with Crippen molar-refractivity contribution in [1.29, 1.82) is 0 Å². The molecule has 0 aromatic heterocycles. The van der Waals surface area contributed by atoms with Gasteiger partial charge in [-0.15, -0.1) is 0 Å². The number of hydrogen-bond acceptors (Lipinski definition) is 4. The van der Waals surface area contributed by atoms with Crippen LogP contribution in [0.1, 0.15) is 33.1 Å². The predicted octanol–water partition coefficient (Wildman–Crippen LogP) is 2.93. The van der Waals surface area contributed by atoms with Gasteiger partial charge in [-0.1, -0.05) is 19.9 Å². The predicted molar refractivity (Wildman–Crippen MR) is 88.4 cm³/mol. The first-order valence-electron chi connectivity index (χ1n) is 7.64. The van der Waals surface area contributed by atoms with Crippen LogP contribution < -0.4 is 10.6 Å². The van der Waals surface area contributed by atoms with Gasteiger partial charge in [0.25, 0.3) is 0 Å². The van der Waals surface area contributed by atoms with Gasteiger partial charge in [-0.25, -0.2) is 8.42 Å². The van der Waals surface area contributed by atoms with Crippen LogP contribution in [0.2, 0.25) is 0 Å².